The van der Waals surface area contributed by atoms with Gasteiger partial charge in [-0.25, -0.2) is 4.39 Å². The van der Waals surface area contributed by atoms with E-state index in [9.17, 15) is 9.18 Å². The van der Waals surface area contributed by atoms with E-state index >= 15 is 0 Å². The van der Waals surface area contributed by atoms with Gasteiger partial charge in [0, 0.05) is 18.2 Å². The Balaban J connectivity index is 1.65. The van der Waals surface area contributed by atoms with E-state index in [4.69, 9.17) is 9.47 Å². The van der Waals surface area contributed by atoms with Crippen LogP contribution < -0.4 is 14.8 Å². The van der Waals surface area contributed by atoms with Crippen LogP contribution in [0.15, 0.2) is 42.5 Å². The van der Waals surface area contributed by atoms with Gasteiger partial charge in [-0.05, 0) is 55.7 Å². The van der Waals surface area contributed by atoms with Crippen molar-refractivity contribution in [1.29, 1.82) is 0 Å². The minimum Gasteiger partial charge on any atom is -0.497 e. The van der Waals surface area contributed by atoms with Crippen molar-refractivity contribution in [1.82, 2.24) is 10.2 Å². The van der Waals surface area contributed by atoms with E-state index in [0.717, 1.165) is 35.5 Å². The summed E-state index contributed by atoms with van der Waals surface area (Å²) in [6.45, 7) is 2.82. The first-order valence-electron chi connectivity index (χ1n) is 9.50. The zero-order valence-corrected chi connectivity index (χ0v) is 16.6. The summed E-state index contributed by atoms with van der Waals surface area (Å²) in [5.41, 5.74) is 1.87. The monoisotopic (exact) mass is 386 g/mol. The van der Waals surface area contributed by atoms with Crippen molar-refractivity contribution in [2.24, 2.45) is 0 Å². The lowest BCUT2D eigenvalue weighted by Crippen LogP contribution is -2.39. The summed E-state index contributed by atoms with van der Waals surface area (Å²) in [5.74, 6) is 1.22. The summed E-state index contributed by atoms with van der Waals surface area (Å²) in [4.78, 5) is 14.8. The standard InChI is InChI=1S/C22H27FN2O3/c1-15(16-4-6-18(23)7-5-16)24-22(26)14-25(19-8-9-19)13-17-12-20(27-2)10-11-21(17)28-3/h4-7,10-12,15,19H,8-9,13-14H2,1-3H3,(H,24,26). The molecule has 1 amide bonds. The molecule has 3 rings (SSSR count). The second-order valence-corrected chi connectivity index (χ2v) is 7.15. The predicted octanol–water partition coefficient (Wildman–Crippen LogP) is 3.68. The van der Waals surface area contributed by atoms with Gasteiger partial charge in [0.1, 0.15) is 17.3 Å². The van der Waals surface area contributed by atoms with Gasteiger partial charge < -0.3 is 14.8 Å². The molecule has 1 atom stereocenters. The molecule has 1 fully saturated rings. The molecule has 0 saturated heterocycles. The summed E-state index contributed by atoms with van der Waals surface area (Å²) in [6, 6.07) is 12.1. The largest absolute Gasteiger partial charge is 0.497 e. The molecule has 0 aromatic heterocycles. The van der Waals surface area contributed by atoms with Gasteiger partial charge in [0.05, 0.1) is 26.8 Å². The molecule has 0 aliphatic heterocycles. The van der Waals surface area contributed by atoms with E-state index in [1.165, 1.54) is 12.1 Å². The van der Waals surface area contributed by atoms with Crippen molar-refractivity contribution in [3.63, 3.8) is 0 Å². The summed E-state index contributed by atoms with van der Waals surface area (Å²) >= 11 is 0. The third-order valence-electron chi connectivity index (χ3n) is 5.02. The molecule has 1 N–H and O–H groups in total. The summed E-state index contributed by atoms with van der Waals surface area (Å²) in [6.07, 6.45) is 2.18. The molecule has 2 aromatic carbocycles. The van der Waals surface area contributed by atoms with Crippen molar-refractivity contribution in [2.45, 2.75) is 38.4 Å². The highest BCUT2D eigenvalue weighted by molar-refractivity contribution is 5.78. The number of halogens is 1. The number of benzene rings is 2. The molecule has 0 heterocycles. The first-order chi connectivity index (χ1) is 13.5. The van der Waals surface area contributed by atoms with Gasteiger partial charge >= 0.3 is 0 Å². The smallest absolute Gasteiger partial charge is 0.234 e. The zero-order chi connectivity index (χ0) is 20.1. The molecule has 150 valence electrons. The maximum absolute atomic E-state index is 13.1. The van der Waals surface area contributed by atoms with E-state index in [2.05, 4.69) is 10.2 Å². The van der Waals surface area contributed by atoms with Crippen LogP contribution in [0.4, 0.5) is 4.39 Å². The fourth-order valence-electron chi connectivity index (χ4n) is 3.28. The highest BCUT2D eigenvalue weighted by Gasteiger charge is 2.31. The van der Waals surface area contributed by atoms with Crippen molar-refractivity contribution in [3.05, 3.63) is 59.4 Å². The summed E-state index contributed by atoms with van der Waals surface area (Å²) in [7, 11) is 3.28. The van der Waals surface area contributed by atoms with E-state index < -0.39 is 0 Å². The molecule has 1 aliphatic rings. The second-order valence-electron chi connectivity index (χ2n) is 7.15. The number of hydrogen-bond donors (Lipinski definition) is 1. The number of carbonyl (C=O) groups is 1. The molecule has 0 radical (unpaired) electrons. The minimum absolute atomic E-state index is 0.0504. The van der Waals surface area contributed by atoms with E-state index in [0.29, 0.717) is 19.1 Å². The third kappa shape index (κ3) is 5.23. The molecular weight excluding hydrogens is 359 g/mol. The highest BCUT2D eigenvalue weighted by Crippen LogP contribution is 2.31. The Morgan fingerprint density at radius 3 is 2.50 bits per heavy atom. The van der Waals surface area contributed by atoms with E-state index in [1.54, 1.807) is 26.4 Å². The Labute approximate surface area is 165 Å². The fraction of sp³-hybridized carbons (Fsp3) is 0.409. The highest BCUT2D eigenvalue weighted by atomic mass is 19.1. The van der Waals surface area contributed by atoms with Gasteiger partial charge in [-0.2, -0.15) is 0 Å². The van der Waals surface area contributed by atoms with Crippen LogP contribution >= 0.6 is 0 Å². The average molecular weight is 386 g/mol. The molecule has 5 nitrogen and oxygen atoms in total. The average Bonchev–Trinajstić information content (AvgIpc) is 3.53. The van der Waals surface area contributed by atoms with E-state index in [-0.39, 0.29) is 17.8 Å². The lowest BCUT2D eigenvalue weighted by molar-refractivity contribution is -0.123. The first-order valence-corrected chi connectivity index (χ1v) is 9.50. The molecule has 6 heteroatoms. The molecule has 1 aliphatic carbocycles. The molecule has 28 heavy (non-hydrogen) atoms. The molecular formula is C22H27FN2O3. The lowest BCUT2D eigenvalue weighted by atomic mass is 10.1. The Kier molecular flexibility index (Phi) is 6.52. The number of rotatable bonds is 9. The van der Waals surface area contributed by atoms with Crippen molar-refractivity contribution in [2.75, 3.05) is 20.8 Å². The Morgan fingerprint density at radius 2 is 1.89 bits per heavy atom. The van der Waals surface area contributed by atoms with Crippen molar-refractivity contribution < 1.29 is 18.7 Å². The van der Waals surface area contributed by atoms with E-state index in [1.807, 2.05) is 25.1 Å². The molecule has 2 aromatic rings. The van der Waals surface area contributed by atoms with Crippen LogP contribution in [0.25, 0.3) is 0 Å². The van der Waals surface area contributed by atoms with Crippen LogP contribution in [0.2, 0.25) is 0 Å². The van der Waals surface area contributed by atoms with Gasteiger partial charge in [-0.1, -0.05) is 12.1 Å². The van der Waals surface area contributed by atoms with Gasteiger partial charge in [0.15, 0.2) is 0 Å². The maximum atomic E-state index is 13.1. The number of hydrogen-bond acceptors (Lipinski definition) is 4. The molecule has 0 bridgehead atoms. The number of nitrogens with zero attached hydrogens (tertiary/aromatic N) is 1. The maximum Gasteiger partial charge on any atom is 0.234 e. The Bertz CT molecular complexity index is 806. The molecule has 1 unspecified atom stereocenters. The predicted molar refractivity (Wildman–Crippen MR) is 106 cm³/mol. The van der Waals surface area contributed by atoms with Crippen molar-refractivity contribution in [3.8, 4) is 11.5 Å². The lowest BCUT2D eigenvalue weighted by Gasteiger charge is -2.24. The van der Waals surface area contributed by atoms with Gasteiger partial charge in [-0.15, -0.1) is 0 Å². The summed E-state index contributed by atoms with van der Waals surface area (Å²) < 4.78 is 23.9. The molecule has 0 spiro atoms. The first kappa shape index (κ1) is 20.1. The van der Waals surface area contributed by atoms with Gasteiger partial charge in [-0.3, -0.25) is 9.69 Å². The fourth-order valence-corrected chi connectivity index (χ4v) is 3.28. The minimum atomic E-state index is -0.283. The topological polar surface area (TPSA) is 50.8 Å². The summed E-state index contributed by atoms with van der Waals surface area (Å²) in [5, 5.41) is 3.01. The quantitative estimate of drug-likeness (QED) is 0.714. The Morgan fingerprint density at radius 1 is 1.18 bits per heavy atom. The normalized spacial score (nSPS) is 14.6. The molecule has 1 saturated carbocycles. The SMILES string of the molecule is COc1ccc(OC)c(CN(CC(=O)NC(C)c2ccc(F)cc2)C2CC2)c1. The number of methoxy groups -OCH3 is 2. The van der Waals surface area contributed by atoms with Crippen LogP contribution in [0.5, 0.6) is 11.5 Å². The second kappa shape index (κ2) is 9.06. The number of carbonyl (C=O) groups excluding carboxylic acids is 1. The van der Waals surface area contributed by atoms with Crippen LogP contribution in [0, 0.1) is 5.82 Å². The third-order valence-corrected chi connectivity index (χ3v) is 5.02. The number of nitrogens with one attached hydrogen (secondary N) is 1. The number of amides is 1. The van der Waals surface area contributed by atoms with Crippen LogP contribution in [-0.4, -0.2) is 37.6 Å². The van der Waals surface area contributed by atoms with Crippen LogP contribution in [-0.2, 0) is 11.3 Å². The van der Waals surface area contributed by atoms with Gasteiger partial charge in [0.2, 0.25) is 5.91 Å². The zero-order valence-electron chi connectivity index (χ0n) is 16.6. The number of ether oxygens (including phenoxy) is 2. The van der Waals surface area contributed by atoms with Crippen LogP contribution in [0.3, 0.4) is 0 Å². The van der Waals surface area contributed by atoms with Crippen LogP contribution in [0.1, 0.15) is 36.9 Å². The van der Waals surface area contributed by atoms with Crippen molar-refractivity contribution >= 4 is 5.91 Å². The Hall–Kier alpha value is -2.60. The van der Waals surface area contributed by atoms with Gasteiger partial charge in [0.25, 0.3) is 0 Å².